The van der Waals surface area contributed by atoms with Gasteiger partial charge >= 0.3 is 0 Å². The van der Waals surface area contributed by atoms with Crippen LogP contribution in [0.15, 0.2) is 47.5 Å². The van der Waals surface area contributed by atoms with Crippen LogP contribution in [0.25, 0.3) is 21.9 Å². The Bertz CT molecular complexity index is 1210. The molecule has 0 bridgehead atoms. The summed E-state index contributed by atoms with van der Waals surface area (Å²) in [5.74, 6) is -0.751. The van der Waals surface area contributed by atoms with E-state index in [1.165, 1.54) is 35.2 Å². The predicted molar refractivity (Wildman–Crippen MR) is 95.9 cm³/mol. The Morgan fingerprint density at radius 2 is 1.92 bits per heavy atom. The average Bonchev–Trinajstić information content (AvgIpc) is 2.90. The minimum atomic E-state index is -0.372. The summed E-state index contributed by atoms with van der Waals surface area (Å²) in [4.78, 5) is 17.2. The summed E-state index contributed by atoms with van der Waals surface area (Å²) in [7, 11) is 1.76. The highest BCUT2D eigenvalue weighted by atomic mass is 19.1. The van der Waals surface area contributed by atoms with E-state index in [1.807, 2.05) is 0 Å². The van der Waals surface area contributed by atoms with Crippen molar-refractivity contribution in [2.24, 2.45) is 7.05 Å². The number of rotatable bonds is 3. The fourth-order valence-electron chi connectivity index (χ4n) is 3.22. The molecule has 0 saturated carbocycles. The van der Waals surface area contributed by atoms with Gasteiger partial charge in [0.05, 0.1) is 11.8 Å². The number of aromatic hydroxyl groups is 2. The van der Waals surface area contributed by atoms with E-state index in [2.05, 4.69) is 4.98 Å². The number of phenolic OH excluding ortho intramolecular Hbond substituents is 2. The molecule has 0 unspecified atom stereocenters. The maximum absolute atomic E-state index is 13.6. The van der Waals surface area contributed by atoms with E-state index >= 15 is 0 Å². The molecule has 26 heavy (non-hydrogen) atoms. The monoisotopic (exact) mass is 353 g/mol. The number of aromatic nitrogens is 3. The molecule has 6 nitrogen and oxygen atoms in total. The van der Waals surface area contributed by atoms with Crippen LogP contribution in [0.5, 0.6) is 11.5 Å². The first-order chi connectivity index (χ1) is 12.5. The van der Waals surface area contributed by atoms with Gasteiger partial charge in [0.2, 0.25) is 0 Å². The van der Waals surface area contributed by atoms with Crippen LogP contribution in [0.3, 0.4) is 0 Å². The Labute approximate surface area is 147 Å². The lowest BCUT2D eigenvalue weighted by molar-refractivity contribution is 0.403. The van der Waals surface area contributed by atoms with Crippen molar-refractivity contribution in [3.05, 3.63) is 64.5 Å². The SMILES string of the molecule is Cn1c2ccc(F)cc2c2ncn(CCc3ccc(O)c(O)c3)c(=O)c21. The van der Waals surface area contributed by atoms with Gasteiger partial charge in [-0.25, -0.2) is 9.37 Å². The van der Waals surface area contributed by atoms with Crippen molar-refractivity contribution in [1.29, 1.82) is 0 Å². The third-order valence-electron chi connectivity index (χ3n) is 4.61. The summed E-state index contributed by atoms with van der Waals surface area (Å²) in [6, 6.07) is 8.94. The molecular formula is C19H16FN3O3. The minimum Gasteiger partial charge on any atom is -0.504 e. The Kier molecular flexibility index (Phi) is 3.64. The van der Waals surface area contributed by atoms with Crippen LogP contribution in [-0.2, 0) is 20.0 Å². The van der Waals surface area contributed by atoms with Gasteiger partial charge in [0.1, 0.15) is 16.9 Å². The van der Waals surface area contributed by atoms with Gasteiger partial charge in [-0.05, 0) is 42.3 Å². The summed E-state index contributed by atoms with van der Waals surface area (Å²) in [6.45, 7) is 0.363. The van der Waals surface area contributed by atoms with Gasteiger partial charge in [-0.15, -0.1) is 0 Å². The van der Waals surface area contributed by atoms with E-state index in [9.17, 15) is 19.4 Å². The molecule has 0 amide bonds. The quantitative estimate of drug-likeness (QED) is 0.555. The van der Waals surface area contributed by atoms with Crippen molar-refractivity contribution in [3.63, 3.8) is 0 Å². The molecule has 2 aromatic heterocycles. The highest BCUT2D eigenvalue weighted by Crippen LogP contribution is 2.26. The molecule has 0 fully saturated rings. The molecule has 0 aliphatic rings. The summed E-state index contributed by atoms with van der Waals surface area (Å²) in [5, 5.41) is 19.5. The van der Waals surface area contributed by atoms with Crippen molar-refractivity contribution < 1.29 is 14.6 Å². The Balaban J connectivity index is 1.76. The van der Waals surface area contributed by atoms with Crippen LogP contribution in [0.4, 0.5) is 4.39 Å². The lowest BCUT2D eigenvalue weighted by Gasteiger charge is -2.07. The smallest absolute Gasteiger partial charge is 0.277 e. The molecule has 0 atom stereocenters. The molecule has 7 heteroatoms. The van der Waals surface area contributed by atoms with Crippen molar-refractivity contribution in [2.75, 3.05) is 0 Å². The number of aryl methyl sites for hydroxylation is 3. The highest BCUT2D eigenvalue weighted by molar-refractivity contribution is 6.05. The third-order valence-corrected chi connectivity index (χ3v) is 4.61. The third kappa shape index (κ3) is 2.48. The topological polar surface area (TPSA) is 80.3 Å². The zero-order chi connectivity index (χ0) is 18.4. The highest BCUT2D eigenvalue weighted by Gasteiger charge is 2.15. The van der Waals surface area contributed by atoms with E-state index in [1.54, 1.807) is 23.7 Å². The van der Waals surface area contributed by atoms with Crippen molar-refractivity contribution in [1.82, 2.24) is 14.1 Å². The van der Waals surface area contributed by atoms with Crippen molar-refractivity contribution >= 4 is 21.9 Å². The second kappa shape index (κ2) is 5.87. The summed E-state index contributed by atoms with van der Waals surface area (Å²) >= 11 is 0. The standard InChI is InChI=1S/C19H16FN3O3/c1-22-14-4-3-12(20)9-13(14)17-18(22)19(26)23(10-21-17)7-6-11-2-5-15(24)16(25)8-11/h2-5,8-10,24-25H,6-7H2,1H3. The Morgan fingerprint density at radius 1 is 1.12 bits per heavy atom. The van der Waals surface area contributed by atoms with Gasteiger partial charge in [0, 0.05) is 19.0 Å². The fraction of sp³-hybridized carbons (Fsp3) is 0.158. The largest absolute Gasteiger partial charge is 0.504 e. The summed E-state index contributed by atoms with van der Waals surface area (Å²) < 4.78 is 16.8. The summed E-state index contributed by atoms with van der Waals surface area (Å²) in [6.07, 6.45) is 1.94. The van der Waals surface area contributed by atoms with Crippen LogP contribution in [0, 0.1) is 5.82 Å². The first kappa shape index (κ1) is 16.1. The first-order valence-corrected chi connectivity index (χ1v) is 8.09. The van der Waals surface area contributed by atoms with E-state index in [-0.39, 0.29) is 22.9 Å². The number of halogens is 1. The Hall–Kier alpha value is -3.35. The zero-order valence-corrected chi connectivity index (χ0v) is 14.0. The molecule has 0 aliphatic carbocycles. The van der Waals surface area contributed by atoms with E-state index in [0.717, 1.165) is 11.1 Å². The van der Waals surface area contributed by atoms with Gasteiger partial charge in [-0.1, -0.05) is 6.07 Å². The van der Waals surface area contributed by atoms with Crippen LogP contribution >= 0.6 is 0 Å². The molecule has 0 saturated heterocycles. The molecule has 0 aliphatic heterocycles. The molecule has 2 N–H and O–H groups in total. The maximum atomic E-state index is 13.6. The number of hydrogen-bond acceptors (Lipinski definition) is 4. The molecule has 2 heterocycles. The van der Waals surface area contributed by atoms with Gasteiger partial charge in [-0.2, -0.15) is 0 Å². The molecule has 132 valence electrons. The number of benzene rings is 2. The van der Waals surface area contributed by atoms with E-state index in [0.29, 0.717) is 29.4 Å². The van der Waals surface area contributed by atoms with E-state index < -0.39 is 0 Å². The lowest BCUT2D eigenvalue weighted by atomic mass is 10.1. The second-order valence-electron chi connectivity index (χ2n) is 6.23. The van der Waals surface area contributed by atoms with Crippen molar-refractivity contribution in [3.8, 4) is 11.5 Å². The average molecular weight is 353 g/mol. The molecule has 4 rings (SSSR count). The number of phenols is 2. The Morgan fingerprint density at radius 3 is 2.69 bits per heavy atom. The van der Waals surface area contributed by atoms with Crippen LogP contribution in [0.2, 0.25) is 0 Å². The van der Waals surface area contributed by atoms with Crippen LogP contribution < -0.4 is 5.56 Å². The molecule has 0 radical (unpaired) electrons. The van der Waals surface area contributed by atoms with Gasteiger partial charge < -0.3 is 14.8 Å². The molecule has 4 aromatic rings. The molecule has 0 spiro atoms. The van der Waals surface area contributed by atoms with Gasteiger partial charge in [0.25, 0.3) is 5.56 Å². The number of hydrogen-bond donors (Lipinski definition) is 2. The number of fused-ring (bicyclic) bond motifs is 3. The van der Waals surface area contributed by atoms with Crippen molar-refractivity contribution in [2.45, 2.75) is 13.0 Å². The minimum absolute atomic E-state index is 0.184. The molecular weight excluding hydrogens is 337 g/mol. The van der Waals surface area contributed by atoms with E-state index in [4.69, 9.17) is 0 Å². The van der Waals surface area contributed by atoms with Crippen LogP contribution in [0.1, 0.15) is 5.56 Å². The molecule has 2 aromatic carbocycles. The lowest BCUT2D eigenvalue weighted by Crippen LogP contribution is -2.22. The fourth-order valence-corrected chi connectivity index (χ4v) is 3.22. The maximum Gasteiger partial charge on any atom is 0.277 e. The van der Waals surface area contributed by atoms with Gasteiger partial charge in [0.15, 0.2) is 11.5 Å². The van der Waals surface area contributed by atoms with Gasteiger partial charge in [-0.3, -0.25) is 9.36 Å². The number of nitrogens with zero attached hydrogens (tertiary/aromatic N) is 3. The van der Waals surface area contributed by atoms with Crippen LogP contribution in [-0.4, -0.2) is 24.3 Å². The summed E-state index contributed by atoms with van der Waals surface area (Å²) in [5.41, 5.74) is 2.21. The predicted octanol–water partition coefficient (Wildman–Crippen LogP) is 2.68. The zero-order valence-electron chi connectivity index (χ0n) is 14.0. The first-order valence-electron chi connectivity index (χ1n) is 8.09. The second-order valence-corrected chi connectivity index (χ2v) is 6.23. The normalized spacial score (nSPS) is 11.5.